The van der Waals surface area contributed by atoms with Crippen molar-refractivity contribution < 1.29 is 4.74 Å². The highest BCUT2D eigenvalue weighted by Crippen LogP contribution is 2.14. The van der Waals surface area contributed by atoms with Gasteiger partial charge in [0.15, 0.2) is 0 Å². The molecule has 0 unspecified atom stereocenters. The topological polar surface area (TPSA) is 47.0 Å². The summed E-state index contributed by atoms with van der Waals surface area (Å²) in [4.78, 5) is 8.02. The number of rotatable bonds is 4. The maximum absolute atomic E-state index is 5.90. The van der Waals surface area contributed by atoms with Crippen LogP contribution in [-0.2, 0) is 6.54 Å². The highest BCUT2D eigenvalue weighted by Gasteiger charge is 1.99. The Morgan fingerprint density at radius 1 is 1.29 bits per heavy atom. The van der Waals surface area contributed by atoms with Crippen LogP contribution in [0.25, 0.3) is 0 Å². The van der Waals surface area contributed by atoms with Gasteiger partial charge in [-0.15, -0.1) is 0 Å². The molecule has 1 N–H and O–H groups in total. The summed E-state index contributed by atoms with van der Waals surface area (Å²) >= 11 is 5.90. The molecule has 1 aromatic carbocycles. The molecule has 88 valence electrons. The minimum Gasteiger partial charge on any atom is -0.481 e. The van der Waals surface area contributed by atoms with Gasteiger partial charge in [-0.1, -0.05) is 23.7 Å². The van der Waals surface area contributed by atoms with Crippen molar-refractivity contribution in [2.45, 2.75) is 6.54 Å². The predicted molar refractivity (Wildman–Crippen MR) is 67.4 cm³/mol. The molecule has 0 radical (unpaired) electrons. The van der Waals surface area contributed by atoms with E-state index in [9.17, 15) is 0 Å². The van der Waals surface area contributed by atoms with E-state index in [1.54, 1.807) is 13.2 Å². The quantitative estimate of drug-likeness (QED) is 0.905. The second-order valence-corrected chi connectivity index (χ2v) is 3.87. The Hall–Kier alpha value is -1.81. The molecular formula is C12H12ClN3O. The second kappa shape index (κ2) is 5.50. The zero-order valence-electron chi connectivity index (χ0n) is 9.35. The second-order valence-electron chi connectivity index (χ2n) is 3.43. The Morgan fingerprint density at radius 2 is 2.18 bits per heavy atom. The Balaban J connectivity index is 2.02. The molecule has 0 aliphatic rings. The van der Waals surface area contributed by atoms with Gasteiger partial charge in [-0.05, 0) is 17.7 Å². The molecule has 0 saturated carbocycles. The van der Waals surface area contributed by atoms with E-state index in [1.807, 2.05) is 24.3 Å². The summed E-state index contributed by atoms with van der Waals surface area (Å²) < 4.78 is 5.01. The van der Waals surface area contributed by atoms with E-state index < -0.39 is 0 Å². The van der Waals surface area contributed by atoms with Crippen molar-refractivity contribution in [1.82, 2.24) is 9.97 Å². The van der Waals surface area contributed by atoms with E-state index in [1.165, 1.54) is 6.33 Å². The van der Waals surface area contributed by atoms with Gasteiger partial charge in [0.05, 0.1) is 7.11 Å². The van der Waals surface area contributed by atoms with Crippen molar-refractivity contribution in [3.05, 3.63) is 47.2 Å². The molecule has 5 heteroatoms. The fourth-order valence-electron chi connectivity index (χ4n) is 1.39. The Morgan fingerprint density at radius 3 is 2.94 bits per heavy atom. The zero-order chi connectivity index (χ0) is 12.1. The molecule has 4 nitrogen and oxygen atoms in total. The van der Waals surface area contributed by atoms with Gasteiger partial charge in [-0.3, -0.25) is 0 Å². The summed E-state index contributed by atoms with van der Waals surface area (Å²) in [7, 11) is 1.57. The minimum atomic E-state index is 0.536. The summed E-state index contributed by atoms with van der Waals surface area (Å²) in [5, 5.41) is 3.90. The van der Waals surface area contributed by atoms with Crippen molar-refractivity contribution in [1.29, 1.82) is 0 Å². The third-order valence-corrected chi connectivity index (χ3v) is 2.45. The summed E-state index contributed by atoms with van der Waals surface area (Å²) in [6, 6.07) is 9.41. The number of nitrogens with one attached hydrogen (secondary N) is 1. The number of anilines is 1. The maximum Gasteiger partial charge on any atom is 0.218 e. The molecule has 1 heterocycles. The molecule has 0 aliphatic heterocycles. The summed E-state index contributed by atoms with van der Waals surface area (Å²) in [5.41, 5.74) is 1.09. The van der Waals surface area contributed by atoms with Crippen LogP contribution in [0.3, 0.4) is 0 Å². The molecule has 0 saturated heterocycles. The predicted octanol–water partition coefficient (Wildman–Crippen LogP) is 2.75. The minimum absolute atomic E-state index is 0.536. The summed E-state index contributed by atoms with van der Waals surface area (Å²) in [6.45, 7) is 0.653. The first kappa shape index (κ1) is 11.7. The Labute approximate surface area is 105 Å². The lowest BCUT2D eigenvalue weighted by Crippen LogP contribution is -2.02. The monoisotopic (exact) mass is 249 g/mol. The standard InChI is InChI=1S/C12H12ClN3O/c1-17-12-6-11(15-8-16-12)14-7-9-3-2-4-10(13)5-9/h2-6,8H,7H2,1H3,(H,14,15,16). The number of benzene rings is 1. The summed E-state index contributed by atoms with van der Waals surface area (Å²) in [6.07, 6.45) is 1.46. The van der Waals surface area contributed by atoms with Crippen LogP contribution in [0.5, 0.6) is 5.88 Å². The number of aromatic nitrogens is 2. The lowest BCUT2D eigenvalue weighted by atomic mass is 10.2. The number of ether oxygens (including phenoxy) is 1. The molecule has 0 fully saturated rings. The van der Waals surface area contributed by atoms with Gasteiger partial charge in [0.2, 0.25) is 5.88 Å². The van der Waals surface area contributed by atoms with Gasteiger partial charge >= 0.3 is 0 Å². The average Bonchev–Trinajstić information content (AvgIpc) is 2.37. The van der Waals surface area contributed by atoms with Gasteiger partial charge in [0, 0.05) is 17.6 Å². The van der Waals surface area contributed by atoms with Crippen LogP contribution in [-0.4, -0.2) is 17.1 Å². The molecular weight excluding hydrogens is 238 g/mol. The molecule has 17 heavy (non-hydrogen) atoms. The van der Waals surface area contributed by atoms with Crippen LogP contribution < -0.4 is 10.1 Å². The normalized spacial score (nSPS) is 10.0. The number of hydrogen-bond acceptors (Lipinski definition) is 4. The molecule has 0 amide bonds. The third-order valence-electron chi connectivity index (χ3n) is 2.21. The van der Waals surface area contributed by atoms with E-state index in [0.717, 1.165) is 16.4 Å². The van der Waals surface area contributed by atoms with Crippen molar-refractivity contribution in [2.24, 2.45) is 0 Å². The molecule has 1 aromatic heterocycles. The van der Waals surface area contributed by atoms with Crippen LogP contribution in [0.2, 0.25) is 5.02 Å². The number of halogens is 1. The Bertz CT molecular complexity index is 505. The fraction of sp³-hybridized carbons (Fsp3) is 0.167. The van der Waals surface area contributed by atoms with E-state index >= 15 is 0 Å². The van der Waals surface area contributed by atoms with Crippen LogP contribution in [0.4, 0.5) is 5.82 Å². The van der Waals surface area contributed by atoms with Gasteiger partial charge in [-0.25, -0.2) is 9.97 Å². The highest BCUT2D eigenvalue weighted by atomic mass is 35.5. The van der Waals surface area contributed by atoms with Crippen LogP contribution in [0.15, 0.2) is 36.7 Å². The lowest BCUT2D eigenvalue weighted by Gasteiger charge is -2.06. The number of methoxy groups -OCH3 is 1. The first-order valence-corrected chi connectivity index (χ1v) is 5.50. The van der Waals surface area contributed by atoms with Crippen molar-refractivity contribution in [2.75, 3.05) is 12.4 Å². The van der Waals surface area contributed by atoms with Crippen molar-refractivity contribution >= 4 is 17.4 Å². The SMILES string of the molecule is COc1cc(NCc2cccc(Cl)c2)ncn1. The van der Waals surface area contributed by atoms with E-state index in [2.05, 4.69) is 15.3 Å². The van der Waals surface area contributed by atoms with Gasteiger partial charge < -0.3 is 10.1 Å². The average molecular weight is 250 g/mol. The lowest BCUT2D eigenvalue weighted by molar-refractivity contribution is 0.397. The maximum atomic E-state index is 5.90. The molecule has 0 bridgehead atoms. The largest absolute Gasteiger partial charge is 0.481 e. The van der Waals surface area contributed by atoms with Crippen molar-refractivity contribution in [3.8, 4) is 5.88 Å². The summed E-state index contributed by atoms with van der Waals surface area (Å²) in [5.74, 6) is 1.26. The molecule has 0 spiro atoms. The van der Waals surface area contributed by atoms with E-state index in [0.29, 0.717) is 12.4 Å². The van der Waals surface area contributed by atoms with Crippen LogP contribution in [0.1, 0.15) is 5.56 Å². The smallest absolute Gasteiger partial charge is 0.218 e. The first-order chi connectivity index (χ1) is 8.28. The fourth-order valence-corrected chi connectivity index (χ4v) is 1.60. The third kappa shape index (κ3) is 3.32. The zero-order valence-corrected chi connectivity index (χ0v) is 10.1. The first-order valence-electron chi connectivity index (χ1n) is 5.12. The van der Waals surface area contributed by atoms with E-state index in [4.69, 9.17) is 16.3 Å². The van der Waals surface area contributed by atoms with Crippen LogP contribution in [0, 0.1) is 0 Å². The molecule has 2 rings (SSSR count). The Kier molecular flexibility index (Phi) is 3.77. The molecule has 0 aliphatic carbocycles. The van der Waals surface area contributed by atoms with Crippen LogP contribution >= 0.6 is 11.6 Å². The number of hydrogen-bond donors (Lipinski definition) is 1. The molecule has 0 atom stereocenters. The van der Waals surface area contributed by atoms with Crippen molar-refractivity contribution in [3.63, 3.8) is 0 Å². The van der Waals surface area contributed by atoms with Gasteiger partial charge in [0.25, 0.3) is 0 Å². The molecule has 2 aromatic rings. The highest BCUT2D eigenvalue weighted by molar-refractivity contribution is 6.30. The number of nitrogens with zero attached hydrogens (tertiary/aromatic N) is 2. The van der Waals surface area contributed by atoms with Gasteiger partial charge in [0.1, 0.15) is 12.1 Å². The van der Waals surface area contributed by atoms with Gasteiger partial charge in [-0.2, -0.15) is 0 Å². The van der Waals surface area contributed by atoms with E-state index in [-0.39, 0.29) is 0 Å².